The second-order valence-corrected chi connectivity index (χ2v) is 11.9. The van der Waals surface area contributed by atoms with Gasteiger partial charge in [-0.2, -0.15) is 0 Å². The van der Waals surface area contributed by atoms with Gasteiger partial charge in [0.2, 0.25) is 5.88 Å². The zero-order valence-corrected chi connectivity index (χ0v) is 24.1. The number of ether oxygens (including phenoxy) is 2. The molecule has 0 aliphatic carbocycles. The quantitative estimate of drug-likeness (QED) is 0.266. The Morgan fingerprint density at radius 2 is 1.83 bits per heavy atom. The number of amides is 1. The molecule has 3 atom stereocenters. The SMILES string of the molecule is C[C@@H]1CN(CCN2CCC(NC(=O)Oc3cc4c(OCc5coc6ccc(F)cc56)cccc4[nH]3)CC2)C[C@H](C)C1O. The Hall–Kier alpha value is -3.60. The monoisotopic (exact) mass is 578 g/mol. The van der Waals surface area contributed by atoms with Crippen LogP contribution in [0.25, 0.3) is 21.9 Å². The van der Waals surface area contributed by atoms with E-state index >= 15 is 0 Å². The number of rotatable bonds is 8. The number of piperidine rings is 2. The fourth-order valence-corrected chi connectivity index (χ4v) is 6.33. The van der Waals surface area contributed by atoms with E-state index in [1.807, 2.05) is 18.2 Å². The number of aliphatic hydroxyl groups excluding tert-OH is 1. The summed E-state index contributed by atoms with van der Waals surface area (Å²) in [6, 6.07) is 11.8. The largest absolute Gasteiger partial charge is 0.488 e. The van der Waals surface area contributed by atoms with E-state index < -0.39 is 6.09 Å². The highest BCUT2D eigenvalue weighted by molar-refractivity contribution is 5.88. The number of halogens is 1. The van der Waals surface area contributed by atoms with Crippen LogP contribution in [0.3, 0.4) is 0 Å². The van der Waals surface area contributed by atoms with Gasteiger partial charge in [0, 0.05) is 67.7 Å². The molecule has 0 bridgehead atoms. The molecule has 6 rings (SSSR count). The number of carbonyl (C=O) groups is 1. The minimum atomic E-state index is -0.482. The molecule has 2 aliphatic rings. The van der Waals surface area contributed by atoms with Crippen molar-refractivity contribution in [1.29, 1.82) is 0 Å². The van der Waals surface area contributed by atoms with Gasteiger partial charge in [-0.3, -0.25) is 0 Å². The fraction of sp³-hybridized carbons (Fsp3) is 0.469. The fourth-order valence-electron chi connectivity index (χ4n) is 6.33. The van der Waals surface area contributed by atoms with Crippen LogP contribution in [0, 0.1) is 17.7 Å². The molecule has 10 heteroatoms. The first-order chi connectivity index (χ1) is 20.3. The molecule has 2 saturated heterocycles. The van der Waals surface area contributed by atoms with Crippen molar-refractivity contribution in [1.82, 2.24) is 20.1 Å². The van der Waals surface area contributed by atoms with Gasteiger partial charge in [0.25, 0.3) is 0 Å². The van der Waals surface area contributed by atoms with Gasteiger partial charge < -0.3 is 39.1 Å². The van der Waals surface area contributed by atoms with Gasteiger partial charge in [0.05, 0.1) is 17.9 Å². The number of likely N-dealkylation sites (tertiary alicyclic amines) is 2. The number of fused-ring (bicyclic) bond motifs is 2. The van der Waals surface area contributed by atoms with Gasteiger partial charge in [0.1, 0.15) is 23.8 Å². The van der Waals surface area contributed by atoms with E-state index in [-0.39, 0.29) is 24.6 Å². The van der Waals surface area contributed by atoms with Crippen molar-refractivity contribution < 1.29 is 28.2 Å². The zero-order chi connectivity index (χ0) is 29.2. The van der Waals surface area contributed by atoms with Crippen LogP contribution in [0.15, 0.2) is 53.1 Å². The normalized spacial score (nSPS) is 22.5. The standard InChI is InChI=1S/C32H39FN4O5/c1-20-16-37(17-21(2)31(20)38)13-12-36-10-8-24(9-11-36)34-32(39)42-30-15-26-27(35-30)4-3-5-28(26)40-18-22-19-41-29-7-6-23(33)14-25(22)29/h3-7,14-15,19-21,24,31,35,38H,8-13,16-18H2,1-2H3,(H,34,39)/t20-,21+,31?. The molecule has 1 unspecified atom stereocenters. The summed E-state index contributed by atoms with van der Waals surface area (Å²) in [4.78, 5) is 20.8. The highest BCUT2D eigenvalue weighted by Gasteiger charge is 2.30. The molecule has 224 valence electrons. The van der Waals surface area contributed by atoms with Gasteiger partial charge in [-0.1, -0.05) is 19.9 Å². The third-order valence-electron chi connectivity index (χ3n) is 8.70. The summed E-state index contributed by atoms with van der Waals surface area (Å²) in [7, 11) is 0. The number of aromatic nitrogens is 1. The topological polar surface area (TPSA) is 103 Å². The van der Waals surface area contributed by atoms with E-state index in [1.54, 1.807) is 18.4 Å². The van der Waals surface area contributed by atoms with Gasteiger partial charge in [-0.15, -0.1) is 0 Å². The Kier molecular flexibility index (Phi) is 8.37. The molecule has 2 aromatic heterocycles. The van der Waals surface area contributed by atoms with Crippen LogP contribution in [-0.4, -0.2) is 77.4 Å². The number of carbonyl (C=O) groups excluding carboxylic acids is 1. The Labute approximate surface area is 244 Å². The van der Waals surface area contributed by atoms with Crippen LogP contribution in [0.1, 0.15) is 32.3 Å². The first-order valence-corrected chi connectivity index (χ1v) is 14.8. The van der Waals surface area contributed by atoms with E-state index in [0.29, 0.717) is 34.4 Å². The predicted octanol–water partition coefficient (Wildman–Crippen LogP) is 5.13. The maximum absolute atomic E-state index is 13.7. The molecule has 0 radical (unpaired) electrons. The van der Waals surface area contributed by atoms with Gasteiger partial charge in [-0.05, 0) is 55.0 Å². The number of hydrogen-bond acceptors (Lipinski definition) is 7. The predicted molar refractivity (Wildman–Crippen MR) is 158 cm³/mol. The van der Waals surface area contributed by atoms with Crippen LogP contribution >= 0.6 is 0 Å². The van der Waals surface area contributed by atoms with Crippen LogP contribution in [0.2, 0.25) is 0 Å². The van der Waals surface area contributed by atoms with Crippen LogP contribution in [-0.2, 0) is 6.61 Å². The smallest absolute Gasteiger partial charge is 0.414 e. The highest BCUT2D eigenvalue weighted by atomic mass is 19.1. The summed E-state index contributed by atoms with van der Waals surface area (Å²) in [5.74, 6) is 1.23. The number of benzene rings is 2. The Balaban J connectivity index is 0.980. The molecule has 1 amide bonds. The Morgan fingerprint density at radius 1 is 1.07 bits per heavy atom. The third-order valence-corrected chi connectivity index (χ3v) is 8.70. The Morgan fingerprint density at radius 3 is 2.62 bits per heavy atom. The lowest BCUT2D eigenvalue weighted by Crippen LogP contribution is -2.51. The molecule has 42 heavy (non-hydrogen) atoms. The number of H-pyrrole nitrogens is 1. The van der Waals surface area contributed by atoms with Crippen molar-refractivity contribution in [3.63, 3.8) is 0 Å². The lowest BCUT2D eigenvalue weighted by Gasteiger charge is -2.40. The lowest BCUT2D eigenvalue weighted by molar-refractivity contribution is -0.0109. The summed E-state index contributed by atoms with van der Waals surface area (Å²) < 4.78 is 30.9. The molecule has 0 saturated carbocycles. The van der Waals surface area contributed by atoms with Crippen LogP contribution < -0.4 is 14.8 Å². The van der Waals surface area contributed by atoms with Gasteiger partial charge in [-0.25, -0.2) is 9.18 Å². The second-order valence-electron chi connectivity index (χ2n) is 11.9. The van der Waals surface area contributed by atoms with E-state index in [4.69, 9.17) is 13.9 Å². The second kappa shape index (κ2) is 12.3. The summed E-state index contributed by atoms with van der Waals surface area (Å²) in [6.45, 7) is 10.2. The maximum Gasteiger partial charge on any atom is 0.414 e. The molecule has 2 fully saturated rings. The zero-order valence-electron chi connectivity index (χ0n) is 24.1. The van der Waals surface area contributed by atoms with Gasteiger partial charge >= 0.3 is 6.09 Å². The number of furan rings is 1. The molecule has 4 heterocycles. The van der Waals surface area contributed by atoms with E-state index in [0.717, 1.165) is 68.6 Å². The minimum Gasteiger partial charge on any atom is -0.488 e. The molecule has 2 aliphatic heterocycles. The van der Waals surface area contributed by atoms with Crippen molar-refractivity contribution in [3.8, 4) is 11.6 Å². The average molecular weight is 579 g/mol. The molecule has 9 nitrogen and oxygen atoms in total. The van der Waals surface area contributed by atoms with Crippen molar-refractivity contribution in [3.05, 3.63) is 60.1 Å². The summed E-state index contributed by atoms with van der Waals surface area (Å²) >= 11 is 0. The van der Waals surface area contributed by atoms with Crippen molar-refractivity contribution in [2.24, 2.45) is 11.8 Å². The molecular weight excluding hydrogens is 539 g/mol. The van der Waals surface area contributed by atoms with Gasteiger partial charge in [0.15, 0.2) is 0 Å². The number of nitrogens with one attached hydrogen (secondary N) is 2. The molecule has 2 aromatic carbocycles. The van der Waals surface area contributed by atoms with Crippen molar-refractivity contribution >= 4 is 28.0 Å². The summed E-state index contributed by atoms with van der Waals surface area (Å²) in [6.07, 6.45) is 2.64. The summed E-state index contributed by atoms with van der Waals surface area (Å²) in [5, 5.41) is 14.7. The highest BCUT2D eigenvalue weighted by Crippen LogP contribution is 2.31. The van der Waals surface area contributed by atoms with E-state index in [1.165, 1.54) is 12.1 Å². The molecular formula is C32H39FN4O5. The third kappa shape index (κ3) is 6.40. The first kappa shape index (κ1) is 28.5. The minimum absolute atomic E-state index is 0.0665. The van der Waals surface area contributed by atoms with Crippen LogP contribution in [0.5, 0.6) is 11.6 Å². The number of hydrogen-bond donors (Lipinski definition) is 3. The summed E-state index contributed by atoms with van der Waals surface area (Å²) in [5.41, 5.74) is 2.12. The molecule has 0 spiro atoms. The Bertz CT molecular complexity index is 1520. The number of nitrogens with zero attached hydrogens (tertiary/aromatic N) is 2. The van der Waals surface area contributed by atoms with Crippen LogP contribution in [0.4, 0.5) is 9.18 Å². The lowest BCUT2D eigenvalue weighted by atomic mass is 9.88. The van der Waals surface area contributed by atoms with E-state index in [9.17, 15) is 14.3 Å². The average Bonchev–Trinajstić information content (AvgIpc) is 3.57. The van der Waals surface area contributed by atoms with Crippen molar-refractivity contribution in [2.45, 2.75) is 45.4 Å². The van der Waals surface area contributed by atoms with Crippen molar-refractivity contribution in [2.75, 3.05) is 39.3 Å². The molecule has 4 aromatic rings. The van der Waals surface area contributed by atoms with E-state index in [2.05, 4.69) is 33.9 Å². The number of aromatic amines is 1. The number of aliphatic hydroxyl groups is 1. The maximum atomic E-state index is 13.7. The first-order valence-electron chi connectivity index (χ1n) is 14.8. The molecule has 3 N–H and O–H groups in total.